The average Bonchev–Trinajstić information content (AvgIpc) is 2.36. The summed E-state index contributed by atoms with van der Waals surface area (Å²) in [4.78, 5) is 13.3. The van der Waals surface area contributed by atoms with Crippen molar-refractivity contribution in [3.8, 4) is 5.75 Å². The summed E-state index contributed by atoms with van der Waals surface area (Å²) in [6.45, 7) is 6.24. The summed E-state index contributed by atoms with van der Waals surface area (Å²) in [7, 11) is 3.48. The van der Waals surface area contributed by atoms with Crippen LogP contribution in [0.5, 0.6) is 5.75 Å². The van der Waals surface area contributed by atoms with E-state index in [1.165, 1.54) is 0 Å². The number of ether oxygens (including phenoxy) is 1. The number of hydrogen-bond acceptors (Lipinski definition) is 3. The summed E-state index contributed by atoms with van der Waals surface area (Å²) in [5.74, 6) is -0.264. The first-order valence-corrected chi connectivity index (χ1v) is 5.98. The van der Waals surface area contributed by atoms with Crippen LogP contribution in [0.4, 0.5) is 5.69 Å². The molecule has 1 aromatic rings. The lowest BCUT2D eigenvalue weighted by molar-refractivity contribution is 0.0697. The molecule has 0 atom stereocenters. The summed E-state index contributed by atoms with van der Waals surface area (Å²) in [6.07, 6.45) is 0.916. The summed E-state index contributed by atoms with van der Waals surface area (Å²) < 4.78 is 5.17. The minimum absolute atomic E-state index is 0.115. The van der Waals surface area contributed by atoms with E-state index in [9.17, 15) is 9.90 Å². The molecule has 4 nitrogen and oxygen atoms in total. The van der Waals surface area contributed by atoms with Crippen LogP contribution in [-0.4, -0.2) is 30.8 Å². The molecule has 0 saturated carbocycles. The molecule has 1 rings (SSSR count). The van der Waals surface area contributed by atoms with E-state index in [0.29, 0.717) is 17.0 Å². The van der Waals surface area contributed by atoms with Gasteiger partial charge in [0.25, 0.3) is 0 Å². The van der Waals surface area contributed by atoms with Crippen molar-refractivity contribution in [2.45, 2.75) is 32.7 Å². The van der Waals surface area contributed by atoms with Crippen LogP contribution in [0.25, 0.3) is 0 Å². The highest BCUT2D eigenvalue weighted by Gasteiger charge is 2.25. The zero-order valence-electron chi connectivity index (χ0n) is 11.7. The van der Waals surface area contributed by atoms with Crippen LogP contribution in [0, 0.1) is 0 Å². The predicted octanol–water partition coefficient (Wildman–Crippen LogP) is 3.02. The first kappa shape index (κ1) is 14.4. The van der Waals surface area contributed by atoms with Crippen molar-refractivity contribution in [3.05, 3.63) is 23.8 Å². The molecule has 1 aromatic carbocycles. The van der Waals surface area contributed by atoms with Crippen LogP contribution < -0.4 is 9.64 Å². The number of carbonyl (C=O) groups is 1. The molecule has 0 heterocycles. The molecule has 0 spiro atoms. The minimum Gasteiger partial charge on any atom is -0.497 e. The Balaban J connectivity index is 3.31. The van der Waals surface area contributed by atoms with E-state index in [1.807, 2.05) is 11.9 Å². The van der Waals surface area contributed by atoms with E-state index in [-0.39, 0.29) is 5.54 Å². The fourth-order valence-corrected chi connectivity index (χ4v) is 1.66. The van der Waals surface area contributed by atoms with Gasteiger partial charge in [0.1, 0.15) is 5.75 Å². The first-order valence-electron chi connectivity index (χ1n) is 5.98. The maximum absolute atomic E-state index is 11.3. The molecule has 100 valence electrons. The van der Waals surface area contributed by atoms with Gasteiger partial charge in [0.15, 0.2) is 0 Å². The second kappa shape index (κ2) is 5.29. The van der Waals surface area contributed by atoms with Gasteiger partial charge >= 0.3 is 5.97 Å². The van der Waals surface area contributed by atoms with Gasteiger partial charge in [-0.15, -0.1) is 0 Å². The summed E-state index contributed by atoms with van der Waals surface area (Å²) in [6, 6.07) is 5.01. The molecule has 0 saturated heterocycles. The third-order valence-corrected chi connectivity index (χ3v) is 3.57. The molecule has 18 heavy (non-hydrogen) atoms. The zero-order chi connectivity index (χ0) is 13.9. The molecule has 0 aliphatic heterocycles. The van der Waals surface area contributed by atoms with Crippen LogP contribution >= 0.6 is 0 Å². The molecule has 0 amide bonds. The van der Waals surface area contributed by atoms with Crippen LogP contribution in [-0.2, 0) is 0 Å². The molecule has 0 aliphatic carbocycles. The number of carboxylic acid groups (broad SMARTS) is 1. The Morgan fingerprint density at radius 1 is 1.44 bits per heavy atom. The number of rotatable bonds is 5. The molecule has 1 N–H and O–H groups in total. The second-order valence-corrected chi connectivity index (χ2v) is 4.91. The molecule has 0 fully saturated rings. The summed E-state index contributed by atoms with van der Waals surface area (Å²) in [5, 5.41) is 9.25. The van der Waals surface area contributed by atoms with Crippen LogP contribution in [0.3, 0.4) is 0 Å². The molecular weight excluding hydrogens is 230 g/mol. The van der Waals surface area contributed by atoms with Crippen molar-refractivity contribution in [1.82, 2.24) is 0 Å². The highest BCUT2D eigenvalue weighted by Crippen LogP contribution is 2.31. The number of nitrogens with zero attached hydrogens (tertiary/aromatic N) is 1. The number of hydrogen-bond donors (Lipinski definition) is 1. The van der Waals surface area contributed by atoms with Gasteiger partial charge in [-0.25, -0.2) is 4.79 Å². The Morgan fingerprint density at radius 3 is 2.50 bits per heavy atom. The van der Waals surface area contributed by atoms with Gasteiger partial charge in [0, 0.05) is 18.7 Å². The van der Waals surface area contributed by atoms with E-state index < -0.39 is 5.97 Å². The lowest BCUT2D eigenvalue weighted by Gasteiger charge is -2.37. The van der Waals surface area contributed by atoms with Crippen LogP contribution in [0.2, 0.25) is 0 Å². The molecule has 0 radical (unpaired) electrons. The number of methoxy groups -OCH3 is 1. The van der Waals surface area contributed by atoms with Gasteiger partial charge in [0.05, 0.1) is 18.4 Å². The van der Waals surface area contributed by atoms with Crippen LogP contribution in [0.15, 0.2) is 18.2 Å². The third kappa shape index (κ3) is 2.75. The predicted molar refractivity (Wildman–Crippen MR) is 72.7 cm³/mol. The SMILES string of the molecule is CCC(C)(C)N(C)c1cc(OC)ccc1C(=O)O. The van der Waals surface area contributed by atoms with Gasteiger partial charge in [-0.2, -0.15) is 0 Å². The largest absolute Gasteiger partial charge is 0.497 e. The van der Waals surface area contributed by atoms with E-state index >= 15 is 0 Å². The molecular formula is C14H21NO3. The number of benzene rings is 1. The Kier molecular flexibility index (Phi) is 4.22. The molecule has 4 heteroatoms. The monoisotopic (exact) mass is 251 g/mol. The van der Waals surface area contributed by atoms with Gasteiger partial charge in [-0.05, 0) is 32.4 Å². The Hall–Kier alpha value is -1.71. The van der Waals surface area contributed by atoms with E-state index in [1.54, 1.807) is 25.3 Å². The fourth-order valence-electron chi connectivity index (χ4n) is 1.66. The third-order valence-electron chi connectivity index (χ3n) is 3.57. The number of aromatic carboxylic acids is 1. The van der Waals surface area contributed by atoms with E-state index in [4.69, 9.17) is 4.74 Å². The van der Waals surface area contributed by atoms with Crippen molar-refractivity contribution in [2.75, 3.05) is 19.1 Å². The summed E-state index contributed by atoms with van der Waals surface area (Å²) >= 11 is 0. The molecule has 0 unspecified atom stereocenters. The molecule has 0 bridgehead atoms. The Labute approximate surface area is 108 Å². The van der Waals surface area contributed by atoms with Crippen molar-refractivity contribution in [2.24, 2.45) is 0 Å². The molecule has 0 aliphatic rings. The second-order valence-electron chi connectivity index (χ2n) is 4.91. The summed E-state index contributed by atoms with van der Waals surface area (Å²) in [5.41, 5.74) is 0.852. The number of carboxylic acids is 1. The Morgan fingerprint density at radius 2 is 2.06 bits per heavy atom. The van der Waals surface area contributed by atoms with Crippen LogP contribution in [0.1, 0.15) is 37.6 Å². The van der Waals surface area contributed by atoms with Gasteiger partial charge in [-0.3, -0.25) is 0 Å². The van der Waals surface area contributed by atoms with Gasteiger partial charge < -0.3 is 14.7 Å². The Bertz CT molecular complexity index is 441. The first-order chi connectivity index (χ1) is 8.33. The van der Waals surface area contributed by atoms with Gasteiger partial charge in [0.2, 0.25) is 0 Å². The lowest BCUT2D eigenvalue weighted by Crippen LogP contribution is -2.41. The van der Waals surface area contributed by atoms with E-state index in [2.05, 4.69) is 20.8 Å². The maximum Gasteiger partial charge on any atom is 0.337 e. The highest BCUT2D eigenvalue weighted by atomic mass is 16.5. The fraction of sp³-hybridized carbons (Fsp3) is 0.500. The molecule has 0 aromatic heterocycles. The van der Waals surface area contributed by atoms with Crippen molar-refractivity contribution < 1.29 is 14.6 Å². The quantitative estimate of drug-likeness (QED) is 0.874. The normalized spacial score (nSPS) is 11.2. The van der Waals surface area contributed by atoms with Crippen molar-refractivity contribution in [3.63, 3.8) is 0 Å². The van der Waals surface area contributed by atoms with Gasteiger partial charge in [-0.1, -0.05) is 6.92 Å². The maximum atomic E-state index is 11.3. The van der Waals surface area contributed by atoms with E-state index in [0.717, 1.165) is 6.42 Å². The van der Waals surface area contributed by atoms with Crippen molar-refractivity contribution >= 4 is 11.7 Å². The number of anilines is 1. The smallest absolute Gasteiger partial charge is 0.337 e. The highest BCUT2D eigenvalue weighted by molar-refractivity contribution is 5.95. The minimum atomic E-state index is -0.925. The topological polar surface area (TPSA) is 49.8 Å². The average molecular weight is 251 g/mol. The zero-order valence-corrected chi connectivity index (χ0v) is 11.7. The lowest BCUT2D eigenvalue weighted by atomic mass is 9.98. The van der Waals surface area contributed by atoms with Crippen molar-refractivity contribution in [1.29, 1.82) is 0 Å². The standard InChI is InChI=1S/C14H21NO3/c1-6-14(2,3)15(4)12-9-10(18-5)7-8-11(12)13(16)17/h7-9H,6H2,1-5H3,(H,16,17).